The fourth-order valence-electron chi connectivity index (χ4n) is 2.32. The van der Waals surface area contributed by atoms with Gasteiger partial charge in [-0.2, -0.15) is 0 Å². The van der Waals surface area contributed by atoms with Crippen LogP contribution in [0, 0.1) is 11.6 Å². The number of aliphatic hydroxyl groups is 1. The molecule has 0 radical (unpaired) electrons. The van der Waals surface area contributed by atoms with E-state index in [1.54, 1.807) is 4.90 Å². The lowest BCUT2D eigenvalue weighted by Gasteiger charge is -2.29. The normalized spacial score (nSPS) is 11.8. The summed E-state index contributed by atoms with van der Waals surface area (Å²) in [6, 6.07) is 11.9. The summed E-state index contributed by atoms with van der Waals surface area (Å²) < 4.78 is 26.3. The number of nitrogens with one attached hydrogen (secondary N) is 1. The van der Waals surface area contributed by atoms with Crippen LogP contribution in [0.4, 0.5) is 19.3 Å². The summed E-state index contributed by atoms with van der Waals surface area (Å²) in [7, 11) is 0. The predicted octanol–water partition coefficient (Wildman–Crippen LogP) is 3.77. The molecule has 0 aliphatic carbocycles. The van der Waals surface area contributed by atoms with Crippen LogP contribution in [0.2, 0.25) is 0 Å². The minimum absolute atomic E-state index is 0.0507. The molecule has 1 atom stereocenters. The van der Waals surface area contributed by atoms with E-state index in [0.717, 1.165) is 17.7 Å². The molecular weight excluding hydrogens is 314 g/mol. The molecule has 1 unspecified atom stereocenters. The molecule has 128 valence electrons. The number of aliphatic hydroxyl groups excluding tert-OH is 1. The first-order valence-corrected chi connectivity index (χ1v) is 7.68. The van der Waals surface area contributed by atoms with Gasteiger partial charge in [0.2, 0.25) is 0 Å². The molecule has 24 heavy (non-hydrogen) atoms. The van der Waals surface area contributed by atoms with E-state index in [1.807, 2.05) is 37.3 Å². The standard InChI is InChI=1S/C18H20F2N2O2/c1-13(9-10-23)22(12-14-5-3-2-4-6-14)18(24)21-15-7-8-16(19)17(20)11-15/h2-8,11,13,23H,9-10,12H2,1H3,(H,21,24). The highest BCUT2D eigenvalue weighted by molar-refractivity contribution is 5.89. The zero-order chi connectivity index (χ0) is 17.5. The molecule has 0 saturated carbocycles. The lowest BCUT2D eigenvalue weighted by Crippen LogP contribution is -2.41. The van der Waals surface area contributed by atoms with Gasteiger partial charge >= 0.3 is 6.03 Å². The second-order valence-corrected chi connectivity index (χ2v) is 5.53. The molecule has 0 spiro atoms. The van der Waals surface area contributed by atoms with Crippen molar-refractivity contribution in [2.75, 3.05) is 11.9 Å². The number of hydrogen-bond donors (Lipinski definition) is 2. The van der Waals surface area contributed by atoms with E-state index in [0.29, 0.717) is 13.0 Å². The molecule has 0 bridgehead atoms. The lowest BCUT2D eigenvalue weighted by molar-refractivity contribution is 0.169. The zero-order valence-corrected chi connectivity index (χ0v) is 13.4. The molecule has 0 aromatic heterocycles. The summed E-state index contributed by atoms with van der Waals surface area (Å²) in [4.78, 5) is 14.1. The summed E-state index contributed by atoms with van der Waals surface area (Å²) in [5.41, 5.74) is 1.11. The van der Waals surface area contributed by atoms with Crippen molar-refractivity contribution in [1.82, 2.24) is 4.90 Å². The van der Waals surface area contributed by atoms with E-state index in [4.69, 9.17) is 5.11 Å². The number of anilines is 1. The Balaban J connectivity index is 2.15. The van der Waals surface area contributed by atoms with Crippen molar-refractivity contribution in [2.24, 2.45) is 0 Å². The highest BCUT2D eigenvalue weighted by Gasteiger charge is 2.20. The average Bonchev–Trinajstić information content (AvgIpc) is 2.57. The monoisotopic (exact) mass is 334 g/mol. The third-order valence-electron chi connectivity index (χ3n) is 3.71. The Morgan fingerprint density at radius 3 is 2.50 bits per heavy atom. The maximum absolute atomic E-state index is 13.3. The quantitative estimate of drug-likeness (QED) is 0.845. The number of hydrogen-bond acceptors (Lipinski definition) is 2. The van der Waals surface area contributed by atoms with Crippen molar-refractivity contribution >= 4 is 11.7 Å². The third kappa shape index (κ3) is 4.76. The molecule has 2 aromatic carbocycles. The first-order chi connectivity index (χ1) is 11.5. The van der Waals surface area contributed by atoms with Crippen molar-refractivity contribution in [3.63, 3.8) is 0 Å². The molecule has 2 aromatic rings. The van der Waals surface area contributed by atoms with Crippen molar-refractivity contribution in [1.29, 1.82) is 0 Å². The number of urea groups is 1. The molecule has 0 fully saturated rings. The fourth-order valence-corrected chi connectivity index (χ4v) is 2.32. The second-order valence-electron chi connectivity index (χ2n) is 5.53. The maximum atomic E-state index is 13.3. The Labute approximate surface area is 139 Å². The van der Waals surface area contributed by atoms with Crippen LogP contribution < -0.4 is 5.32 Å². The third-order valence-corrected chi connectivity index (χ3v) is 3.71. The topological polar surface area (TPSA) is 52.6 Å². The van der Waals surface area contributed by atoms with Crippen LogP contribution in [0.5, 0.6) is 0 Å². The van der Waals surface area contributed by atoms with E-state index < -0.39 is 17.7 Å². The Bertz CT molecular complexity index is 680. The largest absolute Gasteiger partial charge is 0.396 e. The Hall–Kier alpha value is -2.47. The van der Waals surface area contributed by atoms with Gasteiger partial charge in [0, 0.05) is 30.9 Å². The van der Waals surface area contributed by atoms with Crippen LogP contribution in [0.1, 0.15) is 18.9 Å². The maximum Gasteiger partial charge on any atom is 0.322 e. The van der Waals surface area contributed by atoms with Crippen molar-refractivity contribution in [3.8, 4) is 0 Å². The molecule has 0 saturated heterocycles. The van der Waals surface area contributed by atoms with Crippen LogP contribution in [0.15, 0.2) is 48.5 Å². The number of rotatable bonds is 6. The Morgan fingerprint density at radius 1 is 1.17 bits per heavy atom. The summed E-state index contributed by atoms with van der Waals surface area (Å²) in [6.07, 6.45) is 0.415. The summed E-state index contributed by atoms with van der Waals surface area (Å²) in [5.74, 6) is -1.99. The summed E-state index contributed by atoms with van der Waals surface area (Å²) in [6.45, 7) is 2.12. The van der Waals surface area contributed by atoms with E-state index in [1.165, 1.54) is 6.07 Å². The fraction of sp³-hybridized carbons (Fsp3) is 0.278. The van der Waals surface area contributed by atoms with Crippen LogP contribution in [0.25, 0.3) is 0 Å². The lowest BCUT2D eigenvalue weighted by atomic mass is 10.1. The first-order valence-electron chi connectivity index (χ1n) is 7.68. The van der Waals surface area contributed by atoms with Gasteiger partial charge in [0.15, 0.2) is 11.6 Å². The van der Waals surface area contributed by atoms with Gasteiger partial charge in [-0.1, -0.05) is 30.3 Å². The van der Waals surface area contributed by atoms with Crippen molar-refractivity contribution in [3.05, 3.63) is 65.7 Å². The molecule has 2 amide bonds. The van der Waals surface area contributed by atoms with Gasteiger partial charge in [0.05, 0.1) is 0 Å². The van der Waals surface area contributed by atoms with E-state index >= 15 is 0 Å². The van der Waals surface area contributed by atoms with Crippen LogP contribution >= 0.6 is 0 Å². The predicted molar refractivity (Wildman–Crippen MR) is 88.5 cm³/mol. The smallest absolute Gasteiger partial charge is 0.322 e. The van der Waals surface area contributed by atoms with Gasteiger partial charge in [-0.15, -0.1) is 0 Å². The molecule has 0 aliphatic heterocycles. The summed E-state index contributed by atoms with van der Waals surface area (Å²) >= 11 is 0. The molecule has 6 heteroatoms. The number of benzene rings is 2. The molecule has 0 aliphatic rings. The van der Waals surface area contributed by atoms with Gasteiger partial charge in [-0.25, -0.2) is 13.6 Å². The SMILES string of the molecule is CC(CCO)N(Cc1ccccc1)C(=O)Nc1ccc(F)c(F)c1. The summed E-state index contributed by atoms with van der Waals surface area (Å²) in [5, 5.41) is 11.7. The van der Waals surface area contributed by atoms with Crippen LogP contribution in [-0.2, 0) is 6.54 Å². The molecule has 0 heterocycles. The highest BCUT2D eigenvalue weighted by Crippen LogP contribution is 2.16. The minimum atomic E-state index is -1.02. The number of carbonyl (C=O) groups excluding carboxylic acids is 1. The number of halogens is 2. The molecular formula is C18H20F2N2O2. The number of amides is 2. The molecule has 2 rings (SSSR count). The van der Waals surface area contributed by atoms with Gasteiger partial charge in [0.1, 0.15) is 0 Å². The second kappa shape index (κ2) is 8.40. The minimum Gasteiger partial charge on any atom is -0.396 e. The van der Waals surface area contributed by atoms with Crippen molar-refractivity contribution in [2.45, 2.75) is 25.9 Å². The van der Waals surface area contributed by atoms with E-state index in [-0.39, 0.29) is 18.3 Å². The molecule has 4 nitrogen and oxygen atoms in total. The van der Waals surface area contributed by atoms with Gasteiger partial charge in [-0.05, 0) is 31.0 Å². The van der Waals surface area contributed by atoms with Crippen LogP contribution in [-0.4, -0.2) is 28.7 Å². The Kier molecular flexibility index (Phi) is 6.26. The van der Waals surface area contributed by atoms with Crippen LogP contribution in [0.3, 0.4) is 0 Å². The number of carbonyl (C=O) groups is 1. The van der Waals surface area contributed by atoms with Gasteiger partial charge in [-0.3, -0.25) is 0 Å². The van der Waals surface area contributed by atoms with Crippen molar-refractivity contribution < 1.29 is 18.7 Å². The van der Waals surface area contributed by atoms with Gasteiger partial charge < -0.3 is 15.3 Å². The molecule has 2 N–H and O–H groups in total. The zero-order valence-electron chi connectivity index (χ0n) is 13.4. The number of nitrogens with zero attached hydrogens (tertiary/aromatic N) is 1. The van der Waals surface area contributed by atoms with E-state index in [2.05, 4.69) is 5.32 Å². The Morgan fingerprint density at radius 2 is 1.88 bits per heavy atom. The first kappa shape index (κ1) is 17.9. The van der Waals surface area contributed by atoms with Gasteiger partial charge in [0.25, 0.3) is 0 Å². The average molecular weight is 334 g/mol. The highest BCUT2D eigenvalue weighted by atomic mass is 19.2. The van der Waals surface area contributed by atoms with E-state index in [9.17, 15) is 13.6 Å².